The van der Waals surface area contributed by atoms with Crippen molar-refractivity contribution < 1.29 is 48.0 Å². The third-order valence-corrected chi connectivity index (χ3v) is 11.7. The zero-order valence-corrected chi connectivity index (χ0v) is 22.1. The number of hydrogen-bond donors (Lipinski definition) is 0. The van der Waals surface area contributed by atoms with Crippen LogP contribution in [0.4, 0.5) is 26.3 Å². The first-order chi connectivity index (χ1) is 17.9. The van der Waals surface area contributed by atoms with Gasteiger partial charge in [-0.25, -0.2) is 17.6 Å². The Morgan fingerprint density at radius 3 is 2.10 bits per heavy atom. The van der Waals surface area contributed by atoms with E-state index < -0.39 is 76.1 Å². The molecule has 1 N–H and O–H groups in total. The molecule has 214 valence electrons. The molecule has 1 saturated carbocycles. The Bertz CT molecular complexity index is 1480. The summed E-state index contributed by atoms with van der Waals surface area (Å²) in [5.41, 5.74) is -2.97. The van der Waals surface area contributed by atoms with E-state index in [0.29, 0.717) is 18.3 Å². The third-order valence-electron chi connectivity index (χ3n) is 7.15. The Labute approximate surface area is 221 Å². The van der Waals surface area contributed by atoms with E-state index in [4.69, 9.17) is 0 Å². The second-order valence-corrected chi connectivity index (χ2v) is 14.3. The number of carbonyl (C=O) groups excluding carboxylic acids is 1. The van der Waals surface area contributed by atoms with Crippen LogP contribution in [0.5, 0.6) is 0 Å². The van der Waals surface area contributed by atoms with Crippen LogP contribution in [0.2, 0.25) is 0 Å². The summed E-state index contributed by atoms with van der Waals surface area (Å²) in [5, 5.41) is -1.86. The molecule has 0 radical (unpaired) electrons. The Balaban J connectivity index is 1.53. The molecule has 1 aliphatic heterocycles. The van der Waals surface area contributed by atoms with Crippen molar-refractivity contribution in [3.8, 4) is 0 Å². The van der Waals surface area contributed by atoms with Crippen LogP contribution in [0.3, 0.4) is 0 Å². The molecule has 2 aromatic rings. The minimum Gasteiger partial charge on any atom is -0.337 e. The van der Waals surface area contributed by atoms with Crippen molar-refractivity contribution in [1.29, 1.82) is 0 Å². The van der Waals surface area contributed by atoms with Gasteiger partial charge in [0.2, 0.25) is 0 Å². The molecule has 0 bridgehead atoms. The summed E-state index contributed by atoms with van der Waals surface area (Å²) in [6, 6.07) is 4.05. The maximum atomic E-state index is 13.2. The van der Waals surface area contributed by atoms with Gasteiger partial charge in [0.15, 0.2) is 9.84 Å². The van der Waals surface area contributed by atoms with E-state index in [1.807, 2.05) is 0 Å². The largest absolute Gasteiger partial charge is 0.417 e. The molecule has 1 aromatic heterocycles. The first kappa shape index (κ1) is 29.3. The average molecular weight is 600 g/mol. The predicted molar refractivity (Wildman–Crippen MR) is 127 cm³/mol. The molecule has 2 aliphatic rings. The molecule has 1 aliphatic carbocycles. The van der Waals surface area contributed by atoms with Crippen LogP contribution in [0.25, 0.3) is 0 Å². The first-order valence-electron chi connectivity index (χ1n) is 12.0. The van der Waals surface area contributed by atoms with Gasteiger partial charge in [-0.05, 0) is 62.8 Å². The summed E-state index contributed by atoms with van der Waals surface area (Å²) in [6.45, 7) is 1.40. The maximum Gasteiger partial charge on any atom is 0.417 e. The zero-order chi connectivity index (χ0) is 29.0. The van der Waals surface area contributed by atoms with Crippen molar-refractivity contribution >= 4 is 25.6 Å². The minimum absolute atomic E-state index is 0.0163. The number of hydrogen-bond acceptors (Lipinski definition) is 5. The number of pyridine rings is 1. The number of piperidine rings is 1. The monoisotopic (exact) mass is 599 g/mol. The van der Waals surface area contributed by atoms with Gasteiger partial charge in [-0.2, -0.15) is 30.6 Å². The number of likely N-dealkylation sites (tertiary alicyclic amines) is 1. The molecule has 1 amide bonds. The molecule has 39 heavy (non-hydrogen) atoms. The van der Waals surface area contributed by atoms with E-state index in [2.05, 4.69) is 4.98 Å². The van der Waals surface area contributed by atoms with Gasteiger partial charge in [0, 0.05) is 19.3 Å². The second kappa shape index (κ2) is 10.1. The molecular formula is C24H25F6N2O5S2+. The highest BCUT2D eigenvalue weighted by atomic mass is 32.2. The number of sulfone groups is 1. The lowest BCUT2D eigenvalue weighted by Gasteiger charge is -2.33. The van der Waals surface area contributed by atoms with Crippen molar-refractivity contribution in [2.75, 3.05) is 13.1 Å². The highest BCUT2D eigenvalue weighted by molar-refractivity contribution is 7.92. The molecule has 2 heterocycles. The first-order valence-corrected chi connectivity index (χ1v) is 15.1. The number of alkyl halides is 6. The molecule has 7 nitrogen and oxygen atoms in total. The van der Waals surface area contributed by atoms with Gasteiger partial charge in [0.1, 0.15) is 15.8 Å². The molecule has 15 heteroatoms. The number of rotatable bonds is 6. The van der Waals surface area contributed by atoms with E-state index in [9.17, 15) is 48.0 Å². The van der Waals surface area contributed by atoms with E-state index in [1.165, 1.54) is 11.8 Å². The van der Waals surface area contributed by atoms with Gasteiger partial charge in [-0.3, -0.25) is 4.79 Å². The summed E-state index contributed by atoms with van der Waals surface area (Å²) in [7, 11) is -8.12. The van der Waals surface area contributed by atoms with E-state index >= 15 is 0 Å². The van der Waals surface area contributed by atoms with E-state index in [1.54, 1.807) is 0 Å². The summed E-state index contributed by atoms with van der Waals surface area (Å²) in [6.07, 6.45) is -8.30. The predicted octanol–water partition coefficient (Wildman–Crippen LogP) is 4.93. The lowest BCUT2D eigenvalue weighted by atomic mass is 9.94. The molecule has 0 spiro atoms. The number of halogens is 6. The topological polar surface area (TPSA) is 106 Å². The van der Waals surface area contributed by atoms with Gasteiger partial charge >= 0.3 is 22.2 Å². The number of carbonyl (C=O) groups is 1. The standard InChI is InChI=1S/C24H24F6N2O5S2/c1-14(38(34,35)19-4-2-3-16(11-19)23(25,26)27)15-7-9-32(10-8-15)22(33)21-20(39(36,37)18-5-6-18)12-17(13-31-21)24(28,29)30/h2-4,11-15,18H,5-10H2,1H3/p+1/t14-/m0/s1. The van der Waals surface area contributed by atoms with E-state index in [0.717, 1.165) is 18.2 Å². The second-order valence-electron chi connectivity index (χ2n) is 9.74. The fourth-order valence-corrected chi connectivity index (χ4v) is 8.20. The third kappa shape index (κ3) is 5.93. The summed E-state index contributed by atoms with van der Waals surface area (Å²) in [4.78, 5) is 16.9. The van der Waals surface area contributed by atoms with E-state index in [-0.39, 0.29) is 43.7 Å². The number of amides is 1. The molecule has 4 rings (SSSR count). The average Bonchev–Trinajstić information content (AvgIpc) is 3.73. The Morgan fingerprint density at radius 2 is 1.56 bits per heavy atom. The Morgan fingerprint density at radius 1 is 0.974 bits per heavy atom. The zero-order valence-electron chi connectivity index (χ0n) is 20.5. The number of aromatic nitrogens is 1. The Hall–Kier alpha value is -2.68. The minimum atomic E-state index is -4.87. The lowest BCUT2D eigenvalue weighted by molar-refractivity contribution is -0.138. The number of benzene rings is 1. The van der Waals surface area contributed by atoms with Crippen molar-refractivity contribution in [2.45, 2.75) is 65.3 Å². The quantitative estimate of drug-likeness (QED) is 0.346. The fourth-order valence-electron chi connectivity index (χ4n) is 4.59. The number of nitrogens with zero attached hydrogens (tertiary/aromatic N) is 2. The summed E-state index contributed by atoms with van der Waals surface area (Å²) in [5.74, 6) is -1.35. The highest BCUT2D eigenvalue weighted by Gasteiger charge is 2.44. The lowest BCUT2D eigenvalue weighted by Crippen LogP contribution is -2.43. The van der Waals surface area contributed by atoms with Gasteiger partial charge in [-0.1, -0.05) is 6.07 Å². The van der Waals surface area contributed by atoms with Crippen LogP contribution in [0, 0.1) is 5.92 Å². The summed E-state index contributed by atoms with van der Waals surface area (Å²) < 4.78 is 129. The molecule has 1 aromatic carbocycles. The molecule has 1 unspecified atom stereocenters. The smallest absolute Gasteiger partial charge is 0.337 e. The highest BCUT2D eigenvalue weighted by Crippen LogP contribution is 2.38. The van der Waals surface area contributed by atoms with Crippen LogP contribution in [0.1, 0.15) is 54.2 Å². The van der Waals surface area contributed by atoms with Gasteiger partial charge in [0.05, 0.1) is 21.3 Å². The van der Waals surface area contributed by atoms with Crippen LogP contribution in [-0.4, -0.2) is 56.2 Å². The summed E-state index contributed by atoms with van der Waals surface area (Å²) >= 11 is 0. The fraction of sp³-hybridized carbons (Fsp3) is 0.500. The maximum absolute atomic E-state index is 13.2. The SMILES string of the molecule is C[C@@H](C1CCN(C(=O)c2ncc(C(F)(F)F)cc2S(=O)(=O)C2CC2)CC1)S(=O)(=[OH+])c1cccc(C(F)(F)F)c1. The van der Waals surface area contributed by atoms with Crippen LogP contribution < -0.4 is 0 Å². The van der Waals surface area contributed by atoms with Crippen molar-refractivity contribution in [3.05, 3.63) is 53.3 Å². The van der Waals surface area contributed by atoms with Crippen molar-refractivity contribution in [3.63, 3.8) is 0 Å². The van der Waals surface area contributed by atoms with Gasteiger partial charge in [-0.15, -0.1) is 0 Å². The molecule has 2 fully saturated rings. The van der Waals surface area contributed by atoms with Crippen molar-refractivity contribution in [2.24, 2.45) is 5.92 Å². The van der Waals surface area contributed by atoms with Crippen LogP contribution in [0.15, 0.2) is 46.3 Å². The molecular weight excluding hydrogens is 574 g/mol. The van der Waals surface area contributed by atoms with Crippen molar-refractivity contribution in [1.82, 2.24) is 9.88 Å². The normalized spacial score (nSPS) is 19.9. The van der Waals surface area contributed by atoms with Gasteiger partial charge < -0.3 is 4.90 Å². The molecule has 2 atom stereocenters. The molecule has 1 saturated heterocycles. The van der Waals surface area contributed by atoms with Crippen LogP contribution >= 0.6 is 0 Å². The Kier molecular flexibility index (Phi) is 7.56. The van der Waals surface area contributed by atoms with Crippen LogP contribution in [-0.2, 0) is 32.0 Å². The van der Waals surface area contributed by atoms with Gasteiger partial charge in [0.25, 0.3) is 5.91 Å².